The molecule has 5 heteroatoms. The van der Waals surface area contributed by atoms with E-state index in [0.717, 1.165) is 5.56 Å². The van der Waals surface area contributed by atoms with Gasteiger partial charge in [0.05, 0.1) is 11.6 Å². The zero-order valence-electron chi connectivity index (χ0n) is 14.9. The smallest absolute Gasteiger partial charge is 0.308 e. The van der Waals surface area contributed by atoms with E-state index < -0.39 is 5.97 Å². The predicted octanol–water partition coefficient (Wildman–Crippen LogP) is 3.96. The monoisotopic (exact) mass is 348 g/mol. The van der Waals surface area contributed by atoms with Crippen molar-refractivity contribution >= 4 is 22.8 Å². The molecule has 132 valence electrons. The third kappa shape index (κ3) is 3.72. The minimum Gasteiger partial charge on any atom is -0.424 e. The molecule has 0 aliphatic heterocycles. The van der Waals surface area contributed by atoms with Crippen molar-refractivity contribution in [1.29, 1.82) is 0 Å². The van der Waals surface area contributed by atoms with Gasteiger partial charge in [0.1, 0.15) is 5.52 Å². The molecule has 2 aromatic carbocycles. The van der Waals surface area contributed by atoms with E-state index in [1.807, 2.05) is 37.3 Å². The average Bonchev–Trinajstić information content (AvgIpc) is 2.62. The predicted molar refractivity (Wildman–Crippen MR) is 100 cm³/mol. The Labute approximate surface area is 152 Å². The van der Waals surface area contributed by atoms with Crippen LogP contribution in [-0.4, -0.2) is 16.9 Å². The van der Waals surface area contributed by atoms with Crippen molar-refractivity contribution in [2.75, 3.05) is 0 Å². The number of carbonyl (C=O) groups excluding carboxylic acids is 2. The largest absolute Gasteiger partial charge is 0.424 e. The molecule has 1 amide bonds. The zero-order chi connectivity index (χ0) is 18.7. The lowest BCUT2D eigenvalue weighted by atomic mass is 10.0. The molecule has 1 aromatic heterocycles. The lowest BCUT2D eigenvalue weighted by Crippen LogP contribution is -2.27. The van der Waals surface area contributed by atoms with E-state index in [1.165, 1.54) is 6.92 Å². The number of nitrogens with zero attached hydrogens (tertiary/aromatic N) is 1. The minimum absolute atomic E-state index is 0.135. The standard InChI is InChI=1S/C21H20N2O3/c1-13-12-18(21(25)23-14(2)16-8-5-4-6-9-16)17-10-7-11-19(20(17)22-13)26-15(3)24/h4-12,14H,1-3H3,(H,23,25). The Hall–Kier alpha value is -3.21. The number of aromatic nitrogens is 1. The number of carbonyl (C=O) groups is 2. The number of nitrogens with one attached hydrogen (secondary N) is 1. The lowest BCUT2D eigenvalue weighted by molar-refractivity contribution is -0.131. The molecular weight excluding hydrogens is 328 g/mol. The number of hydrogen-bond donors (Lipinski definition) is 1. The van der Waals surface area contributed by atoms with Crippen molar-refractivity contribution in [3.8, 4) is 5.75 Å². The summed E-state index contributed by atoms with van der Waals surface area (Å²) in [6.45, 7) is 5.08. The second kappa shape index (κ2) is 7.35. The molecular formula is C21H20N2O3. The maximum Gasteiger partial charge on any atom is 0.308 e. The van der Waals surface area contributed by atoms with Crippen LogP contribution in [0.25, 0.3) is 10.9 Å². The molecule has 3 rings (SSSR count). The third-order valence-corrected chi connectivity index (χ3v) is 4.08. The summed E-state index contributed by atoms with van der Waals surface area (Å²) in [5, 5.41) is 3.66. The first-order chi connectivity index (χ1) is 12.5. The highest BCUT2D eigenvalue weighted by Crippen LogP contribution is 2.27. The first-order valence-corrected chi connectivity index (χ1v) is 8.40. The van der Waals surface area contributed by atoms with Crippen LogP contribution in [0.2, 0.25) is 0 Å². The summed E-state index contributed by atoms with van der Waals surface area (Å²) < 4.78 is 5.23. The van der Waals surface area contributed by atoms with Crippen molar-refractivity contribution in [3.63, 3.8) is 0 Å². The summed E-state index contributed by atoms with van der Waals surface area (Å²) in [7, 11) is 0. The highest BCUT2D eigenvalue weighted by molar-refractivity contribution is 6.07. The summed E-state index contributed by atoms with van der Waals surface area (Å²) >= 11 is 0. The lowest BCUT2D eigenvalue weighted by Gasteiger charge is -2.16. The van der Waals surface area contributed by atoms with Gasteiger partial charge in [-0.25, -0.2) is 4.98 Å². The molecule has 0 aliphatic rings. The number of pyridine rings is 1. The van der Waals surface area contributed by atoms with Gasteiger partial charge in [-0.05, 0) is 31.5 Å². The summed E-state index contributed by atoms with van der Waals surface area (Å²) in [5.41, 5.74) is 2.70. The molecule has 5 nitrogen and oxygen atoms in total. The number of esters is 1. The molecule has 0 aliphatic carbocycles. The SMILES string of the molecule is CC(=O)Oc1cccc2c(C(=O)NC(C)c3ccccc3)cc(C)nc12. The number of rotatable bonds is 4. The van der Waals surface area contributed by atoms with Gasteiger partial charge in [-0.1, -0.05) is 42.5 Å². The Bertz CT molecular complexity index is 968. The fourth-order valence-electron chi connectivity index (χ4n) is 2.87. The molecule has 0 fully saturated rings. The van der Waals surface area contributed by atoms with E-state index in [0.29, 0.717) is 27.9 Å². The van der Waals surface area contributed by atoms with Crippen molar-refractivity contribution in [2.24, 2.45) is 0 Å². The molecule has 0 saturated heterocycles. The summed E-state index contributed by atoms with van der Waals surface area (Å²) in [5.74, 6) is -0.273. The number of amides is 1. The summed E-state index contributed by atoms with van der Waals surface area (Å²) in [6, 6.07) is 16.6. The number of para-hydroxylation sites is 1. The van der Waals surface area contributed by atoms with E-state index in [2.05, 4.69) is 10.3 Å². The minimum atomic E-state index is -0.426. The normalized spacial score (nSPS) is 11.8. The van der Waals surface area contributed by atoms with E-state index >= 15 is 0 Å². The maximum absolute atomic E-state index is 12.9. The first-order valence-electron chi connectivity index (χ1n) is 8.40. The molecule has 0 radical (unpaired) electrons. The second-order valence-electron chi connectivity index (χ2n) is 6.16. The van der Waals surface area contributed by atoms with Crippen LogP contribution in [0, 0.1) is 6.92 Å². The van der Waals surface area contributed by atoms with Gasteiger partial charge in [0.15, 0.2) is 5.75 Å². The van der Waals surface area contributed by atoms with Crippen LogP contribution >= 0.6 is 0 Å². The van der Waals surface area contributed by atoms with Crippen molar-refractivity contribution in [1.82, 2.24) is 10.3 Å². The number of aryl methyl sites for hydroxylation is 1. The highest BCUT2D eigenvalue weighted by Gasteiger charge is 2.17. The zero-order valence-corrected chi connectivity index (χ0v) is 14.9. The van der Waals surface area contributed by atoms with E-state index in [1.54, 1.807) is 31.2 Å². The topological polar surface area (TPSA) is 68.3 Å². The van der Waals surface area contributed by atoms with Crippen LogP contribution < -0.4 is 10.1 Å². The van der Waals surface area contributed by atoms with Crippen molar-refractivity contribution < 1.29 is 14.3 Å². The van der Waals surface area contributed by atoms with Crippen LogP contribution in [0.1, 0.15) is 41.5 Å². The molecule has 0 bridgehead atoms. The van der Waals surface area contributed by atoms with E-state index in [4.69, 9.17) is 4.74 Å². The van der Waals surface area contributed by atoms with Gasteiger partial charge in [-0.15, -0.1) is 0 Å². The van der Waals surface area contributed by atoms with Crippen molar-refractivity contribution in [2.45, 2.75) is 26.8 Å². The number of fused-ring (bicyclic) bond motifs is 1. The highest BCUT2D eigenvalue weighted by atomic mass is 16.5. The molecule has 1 heterocycles. The third-order valence-electron chi connectivity index (χ3n) is 4.08. The van der Waals surface area contributed by atoms with E-state index in [-0.39, 0.29) is 11.9 Å². The van der Waals surface area contributed by atoms with Crippen LogP contribution in [0.3, 0.4) is 0 Å². The molecule has 1 N–H and O–H groups in total. The molecule has 3 aromatic rings. The van der Waals surface area contributed by atoms with Gasteiger partial charge in [0.25, 0.3) is 5.91 Å². The quantitative estimate of drug-likeness (QED) is 0.572. The van der Waals surface area contributed by atoms with Crippen LogP contribution in [0.4, 0.5) is 0 Å². The Balaban J connectivity index is 1.99. The molecule has 0 saturated carbocycles. The average molecular weight is 348 g/mol. The Morgan fingerprint density at radius 2 is 1.81 bits per heavy atom. The fraction of sp³-hybridized carbons (Fsp3) is 0.190. The molecule has 26 heavy (non-hydrogen) atoms. The Morgan fingerprint density at radius 1 is 1.08 bits per heavy atom. The maximum atomic E-state index is 12.9. The summed E-state index contributed by atoms with van der Waals surface area (Å²) in [4.78, 5) is 28.7. The molecule has 1 atom stereocenters. The molecule has 1 unspecified atom stereocenters. The van der Waals surface area contributed by atoms with Gasteiger partial charge in [-0.2, -0.15) is 0 Å². The van der Waals surface area contributed by atoms with Crippen molar-refractivity contribution in [3.05, 3.63) is 71.4 Å². The number of benzene rings is 2. The van der Waals surface area contributed by atoms with Crippen LogP contribution in [0.5, 0.6) is 5.75 Å². The van der Waals surface area contributed by atoms with Crippen LogP contribution in [-0.2, 0) is 4.79 Å². The van der Waals surface area contributed by atoms with Gasteiger partial charge < -0.3 is 10.1 Å². The van der Waals surface area contributed by atoms with Gasteiger partial charge in [0, 0.05) is 18.0 Å². The van der Waals surface area contributed by atoms with Gasteiger partial charge in [-0.3, -0.25) is 9.59 Å². The Kier molecular flexibility index (Phi) is 4.98. The first kappa shape index (κ1) is 17.6. The van der Waals surface area contributed by atoms with E-state index in [9.17, 15) is 9.59 Å². The second-order valence-corrected chi connectivity index (χ2v) is 6.16. The molecule has 0 spiro atoms. The Morgan fingerprint density at radius 3 is 2.50 bits per heavy atom. The fourth-order valence-corrected chi connectivity index (χ4v) is 2.87. The van der Waals surface area contributed by atoms with Gasteiger partial charge >= 0.3 is 5.97 Å². The number of ether oxygens (including phenoxy) is 1. The van der Waals surface area contributed by atoms with Gasteiger partial charge in [0.2, 0.25) is 0 Å². The number of hydrogen-bond acceptors (Lipinski definition) is 4. The summed E-state index contributed by atoms with van der Waals surface area (Å²) in [6.07, 6.45) is 0. The van der Waals surface area contributed by atoms with Crippen LogP contribution in [0.15, 0.2) is 54.6 Å².